The van der Waals surface area contributed by atoms with Crippen LogP contribution in [0, 0.1) is 11.2 Å². The minimum Gasteiger partial charge on any atom is -0.434 e. The number of rotatable bonds is 2. The van der Waals surface area contributed by atoms with Crippen LogP contribution in [-0.4, -0.2) is 21.3 Å². The maximum absolute atomic E-state index is 12.0. The van der Waals surface area contributed by atoms with Crippen LogP contribution in [0.1, 0.15) is 5.56 Å². The summed E-state index contributed by atoms with van der Waals surface area (Å²) in [6, 6.07) is 5.72. The summed E-state index contributed by atoms with van der Waals surface area (Å²) in [5.74, 6) is 2.12. The third-order valence-corrected chi connectivity index (χ3v) is 1.95. The van der Waals surface area contributed by atoms with Gasteiger partial charge in [-0.15, -0.1) is 0 Å². The van der Waals surface area contributed by atoms with Crippen molar-refractivity contribution >= 4 is 9.84 Å². The van der Waals surface area contributed by atoms with Gasteiger partial charge in [-0.3, -0.25) is 0 Å². The summed E-state index contributed by atoms with van der Waals surface area (Å²) in [7, 11) is -3.47. The topological polar surface area (TPSA) is 43.4 Å². The van der Waals surface area contributed by atoms with Gasteiger partial charge in [-0.2, -0.15) is 8.78 Å². The molecule has 1 aromatic carbocycles. The van der Waals surface area contributed by atoms with Crippen LogP contribution in [0.3, 0.4) is 0 Å². The average Bonchev–Trinajstić information content (AvgIpc) is 2.14. The van der Waals surface area contributed by atoms with Crippen molar-refractivity contribution in [2.24, 2.45) is 0 Å². The van der Waals surface area contributed by atoms with Gasteiger partial charge >= 0.3 is 6.61 Å². The van der Waals surface area contributed by atoms with Crippen LogP contribution in [0.4, 0.5) is 8.78 Å². The first-order valence-electron chi connectivity index (χ1n) is 4.15. The molecule has 0 saturated heterocycles. The van der Waals surface area contributed by atoms with Crippen molar-refractivity contribution in [1.29, 1.82) is 0 Å². The number of para-hydroxylation sites is 1. The molecule has 0 aliphatic rings. The van der Waals surface area contributed by atoms with Gasteiger partial charge in [-0.1, -0.05) is 12.1 Å². The van der Waals surface area contributed by atoms with E-state index in [1.807, 2.05) is 5.25 Å². The predicted molar refractivity (Wildman–Crippen MR) is 54.8 cm³/mol. The van der Waals surface area contributed by atoms with Gasteiger partial charge in [0, 0.05) is 5.25 Å². The van der Waals surface area contributed by atoms with E-state index in [1.54, 1.807) is 6.07 Å². The van der Waals surface area contributed by atoms with E-state index in [9.17, 15) is 17.2 Å². The number of benzene rings is 1. The molecule has 0 aliphatic heterocycles. The van der Waals surface area contributed by atoms with Crippen LogP contribution in [0.15, 0.2) is 24.3 Å². The van der Waals surface area contributed by atoms with E-state index in [2.05, 4.69) is 10.7 Å². The van der Waals surface area contributed by atoms with Crippen molar-refractivity contribution in [3.05, 3.63) is 29.8 Å². The summed E-state index contributed by atoms with van der Waals surface area (Å²) in [5.41, 5.74) is 0.105. The largest absolute Gasteiger partial charge is 0.434 e. The molecule has 1 rings (SSSR count). The Hall–Kier alpha value is -1.61. The Kier molecular flexibility index (Phi) is 3.85. The van der Waals surface area contributed by atoms with Gasteiger partial charge in [0.1, 0.15) is 5.75 Å². The molecule has 1 aromatic rings. The number of hydrogen-bond donors (Lipinski definition) is 0. The smallest absolute Gasteiger partial charge is 0.387 e. The molecule has 6 heteroatoms. The highest BCUT2D eigenvalue weighted by molar-refractivity contribution is 7.95. The molecule has 0 N–H and O–H groups in total. The van der Waals surface area contributed by atoms with E-state index in [1.165, 1.54) is 18.2 Å². The molecule has 0 radical (unpaired) electrons. The summed E-state index contributed by atoms with van der Waals surface area (Å²) in [4.78, 5) is 0. The lowest BCUT2D eigenvalue weighted by molar-refractivity contribution is -0.0500. The van der Waals surface area contributed by atoms with Gasteiger partial charge < -0.3 is 4.74 Å². The van der Waals surface area contributed by atoms with Crippen LogP contribution in [0.5, 0.6) is 5.75 Å². The van der Waals surface area contributed by atoms with Crippen LogP contribution in [0.25, 0.3) is 0 Å². The lowest BCUT2D eigenvalue weighted by Crippen LogP contribution is -2.03. The second-order valence-corrected chi connectivity index (χ2v) is 4.62. The third kappa shape index (κ3) is 4.28. The van der Waals surface area contributed by atoms with Crippen LogP contribution >= 0.6 is 0 Å². The van der Waals surface area contributed by atoms with E-state index in [0.717, 1.165) is 6.26 Å². The van der Waals surface area contributed by atoms with E-state index >= 15 is 0 Å². The number of halogens is 2. The molecule has 0 amide bonds. The fourth-order valence-electron chi connectivity index (χ4n) is 0.916. The Balaban J connectivity index is 3.08. The van der Waals surface area contributed by atoms with Gasteiger partial charge in [0.2, 0.25) is 9.84 Å². The second kappa shape index (κ2) is 4.94. The fourth-order valence-corrected chi connectivity index (χ4v) is 1.21. The zero-order valence-corrected chi connectivity index (χ0v) is 9.09. The maximum atomic E-state index is 12.0. The first-order chi connectivity index (χ1) is 7.38. The summed E-state index contributed by atoms with van der Waals surface area (Å²) in [5, 5.41) is 1.95. The predicted octanol–water partition coefficient (Wildman–Crippen LogP) is 1.64. The van der Waals surface area contributed by atoms with Crippen molar-refractivity contribution < 1.29 is 21.9 Å². The van der Waals surface area contributed by atoms with Crippen LogP contribution in [-0.2, 0) is 9.84 Å². The molecule has 0 heterocycles. The molecule has 0 atom stereocenters. The van der Waals surface area contributed by atoms with E-state index in [-0.39, 0.29) is 11.3 Å². The normalized spacial score (nSPS) is 10.8. The van der Waals surface area contributed by atoms with Gasteiger partial charge in [0.15, 0.2) is 0 Å². The van der Waals surface area contributed by atoms with Crippen molar-refractivity contribution in [2.75, 3.05) is 6.26 Å². The molecule has 0 saturated carbocycles. The average molecular weight is 246 g/mol. The molecule has 0 aromatic heterocycles. The monoisotopic (exact) mass is 246 g/mol. The van der Waals surface area contributed by atoms with Crippen molar-refractivity contribution in [2.45, 2.75) is 6.61 Å². The first-order valence-corrected chi connectivity index (χ1v) is 6.04. The zero-order chi connectivity index (χ0) is 12.2. The second-order valence-electron chi connectivity index (χ2n) is 2.87. The molecule has 0 unspecified atom stereocenters. The highest BCUT2D eigenvalue weighted by Gasteiger charge is 2.07. The van der Waals surface area contributed by atoms with E-state index in [4.69, 9.17) is 0 Å². The van der Waals surface area contributed by atoms with Crippen molar-refractivity contribution in [3.63, 3.8) is 0 Å². The summed E-state index contributed by atoms with van der Waals surface area (Å²) in [6.07, 6.45) is 0.927. The molecular weight excluding hydrogens is 238 g/mol. The van der Waals surface area contributed by atoms with Gasteiger partial charge in [0.25, 0.3) is 0 Å². The molecule has 0 fully saturated rings. The zero-order valence-electron chi connectivity index (χ0n) is 8.28. The number of ether oxygens (including phenoxy) is 1. The minimum absolute atomic E-state index is 0.105. The summed E-state index contributed by atoms with van der Waals surface area (Å²) < 4.78 is 49.7. The quantitative estimate of drug-likeness (QED) is 0.745. The van der Waals surface area contributed by atoms with E-state index < -0.39 is 16.4 Å². The number of hydrogen-bond acceptors (Lipinski definition) is 3. The van der Waals surface area contributed by atoms with E-state index in [0.29, 0.717) is 0 Å². The fraction of sp³-hybridized carbons (Fsp3) is 0.200. The standard InChI is InChI=1S/C10H8F2O3S/c1-16(13,14)7-6-8-4-2-3-5-9(8)15-10(11)12/h2-5,10H,1H3. The number of sulfone groups is 1. The molecule has 0 aliphatic carbocycles. The molecule has 0 spiro atoms. The van der Waals surface area contributed by atoms with Crippen molar-refractivity contribution in [1.82, 2.24) is 0 Å². The maximum Gasteiger partial charge on any atom is 0.387 e. The molecule has 3 nitrogen and oxygen atoms in total. The van der Waals surface area contributed by atoms with Gasteiger partial charge in [0.05, 0.1) is 11.8 Å². The highest BCUT2D eigenvalue weighted by atomic mass is 32.2. The number of alkyl halides is 2. The van der Waals surface area contributed by atoms with Gasteiger partial charge in [-0.25, -0.2) is 8.42 Å². The Labute approximate surface area is 92.0 Å². The Morgan fingerprint density at radius 1 is 1.31 bits per heavy atom. The first kappa shape index (κ1) is 12.5. The van der Waals surface area contributed by atoms with Crippen LogP contribution < -0.4 is 4.74 Å². The molecule has 86 valence electrons. The molecular formula is C10H8F2O3S. The molecule has 0 bridgehead atoms. The Morgan fingerprint density at radius 3 is 2.50 bits per heavy atom. The SMILES string of the molecule is CS(=O)(=O)C#Cc1ccccc1OC(F)F. The van der Waals surface area contributed by atoms with Crippen LogP contribution in [0.2, 0.25) is 0 Å². The lowest BCUT2D eigenvalue weighted by Gasteiger charge is -2.05. The summed E-state index contributed by atoms with van der Waals surface area (Å²) >= 11 is 0. The third-order valence-electron chi connectivity index (χ3n) is 1.47. The van der Waals surface area contributed by atoms with Crippen molar-refractivity contribution in [3.8, 4) is 16.9 Å². The lowest BCUT2D eigenvalue weighted by atomic mass is 10.2. The minimum atomic E-state index is -3.47. The van der Waals surface area contributed by atoms with Gasteiger partial charge in [-0.05, 0) is 18.1 Å². The Morgan fingerprint density at radius 2 is 1.94 bits per heavy atom. The summed E-state index contributed by atoms with van der Waals surface area (Å²) in [6.45, 7) is -2.97. The molecule has 16 heavy (non-hydrogen) atoms. The Bertz CT molecular complexity index is 526. The highest BCUT2D eigenvalue weighted by Crippen LogP contribution is 2.18.